The highest BCUT2D eigenvalue weighted by atomic mass is 28.4. The molecule has 0 N–H and O–H groups in total. The Morgan fingerprint density at radius 2 is 2.25 bits per heavy atom. The average molecular weight is 245 g/mol. The summed E-state index contributed by atoms with van der Waals surface area (Å²) in [7, 11) is -1.54. The maximum absolute atomic E-state index is 5.88. The quantitative estimate of drug-likeness (QED) is 0.707. The topological polar surface area (TPSA) is 40.2 Å². The van der Waals surface area contributed by atoms with Crippen LogP contribution in [0.15, 0.2) is 12.0 Å². The lowest BCUT2D eigenvalue weighted by Crippen LogP contribution is -2.49. The van der Waals surface area contributed by atoms with E-state index < -0.39 is 14.2 Å². The predicted octanol–water partition coefficient (Wildman–Crippen LogP) is 1.65. The van der Waals surface area contributed by atoms with E-state index in [0.29, 0.717) is 13.3 Å². The van der Waals surface area contributed by atoms with Gasteiger partial charge in [-0.25, -0.2) is 0 Å². The molecule has 1 unspecified atom stereocenters. The molecule has 1 atom stereocenters. The van der Waals surface area contributed by atoms with Gasteiger partial charge in [0.05, 0.1) is 5.70 Å². The molecule has 0 saturated carbocycles. The molecule has 1 fully saturated rings. The van der Waals surface area contributed by atoms with Crippen molar-refractivity contribution in [2.45, 2.75) is 32.5 Å². The Morgan fingerprint density at radius 1 is 1.50 bits per heavy atom. The van der Waals surface area contributed by atoms with Crippen LogP contribution in [-0.4, -0.2) is 39.3 Å². The minimum Gasteiger partial charge on any atom is -0.448 e. The van der Waals surface area contributed by atoms with Crippen molar-refractivity contribution < 1.29 is 18.6 Å². The Bertz CT molecular complexity index is 294. The van der Waals surface area contributed by atoms with Crippen LogP contribution in [0.2, 0.25) is 19.6 Å². The lowest BCUT2D eigenvalue weighted by atomic mass is 10.4. The van der Waals surface area contributed by atoms with Crippen LogP contribution < -0.4 is 0 Å². The Labute approximate surface area is 97.0 Å². The van der Waals surface area contributed by atoms with Crippen LogP contribution in [0.4, 0.5) is 0 Å². The summed E-state index contributed by atoms with van der Waals surface area (Å²) in [6.07, 6.45) is 1.70. The van der Waals surface area contributed by atoms with Crippen LogP contribution in [-0.2, 0) is 18.6 Å². The highest BCUT2D eigenvalue weighted by molar-refractivity contribution is 6.69. The zero-order chi connectivity index (χ0) is 11.8. The normalized spacial score (nSPS) is 29.8. The Hall–Kier alpha value is -0.563. The van der Waals surface area contributed by atoms with Gasteiger partial charge in [0.15, 0.2) is 15.1 Å². The maximum atomic E-state index is 5.88. The van der Waals surface area contributed by atoms with E-state index in [4.69, 9.17) is 18.6 Å². The molecule has 2 aliphatic heterocycles. The Balaban J connectivity index is 2.02. The third-order valence-electron chi connectivity index (χ3n) is 2.53. The second-order valence-electron chi connectivity index (χ2n) is 5.01. The number of rotatable bonds is 3. The van der Waals surface area contributed by atoms with Crippen molar-refractivity contribution in [3.8, 4) is 0 Å². The summed E-state index contributed by atoms with van der Waals surface area (Å²) in [6.45, 7) is 9.61. The molecule has 2 aliphatic rings. The Kier molecular flexibility index (Phi) is 3.00. The number of hydrogen-bond acceptors (Lipinski definition) is 5. The maximum Gasteiger partial charge on any atom is 0.322 e. The SMILES string of the molecule is CC1=COC2(COCO2)N1CO[Si](C)(C)C. The van der Waals surface area contributed by atoms with Gasteiger partial charge in [-0.2, -0.15) is 0 Å². The third kappa shape index (κ3) is 2.24. The number of nitrogens with zero attached hydrogens (tertiary/aromatic N) is 1. The fraction of sp³-hybridized carbons (Fsp3) is 0.800. The first-order chi connectivity index (χ1) is 7.43. The van der Waals surface area contributed by atoms with Crippen LogP contribution in [0.25, 0.3) is 0 Å². The zero-order valence-electron chi connectivity index (χ0n) is 10.3. The van der Waals surface area contributed by atoms with Crippen molar-refractivity contribution in [3.05, 3.63) is 12.0 Å². The molecule has 0 radical (unpaired) electrons. The van der Waals surface area contributed by atoms with E-state index in [0.717, 1.165) is 5.70 Å². The summed E-state index contributed by atoms with van der Waals surface area (Å²) in [5.41, 5.74) is 1.00. The largest absolute Gasteiger partial charge is 0.448 e. The molecular formula is C10H19NO4Si. The van der Waals surface area contributed by atoms with E-state index >= 15 is 0 Å². The van der Waals surface area contributed by atoms with Gasteiger partial charge in [0.2, 0.25) is 0 Å². The molecule has 2 heterocycles. The minimum atomic E-state index is -1.54. The van der Waals surface area contributed by atoms with Gasteiger partial charge in [-0.1, -0.05) is 0 Å². The van der Waals surface area contributed by atoms with Crippen molar-refractivity contribution in [3.63, 3.8) is 0 Å². The summed E-state index contributed by atoms with van der Waals surface area (Å²) in [4.78, 5) is 1.97. The molecule has 0 aromatic rings. The van der Waals surface area contributed by atoms with Crippen LogP contribution in [0, 0.1) is 0 Å². The molecule has 92 valence electrons. The van der Waals surface area contributed by atoms with E-state index in [-0.39, 0.29) is 6.79 Å². The number of allylic oxidation sites excluding steroid dienone is 1. The van der Waals surface area contributed by atoms with Gasteiger partial charge in [-0.15, -0.1) is 0 Å². The van der Waals surface area contributed by atoms with Gasteiger partial charge >= 0.3 is 5.91 Å². The van der Waals surface area contributed by atoms with Crippen LogP contribution in [0.5, 0.6) is 0 Å². The molecular weight excluding hydrogens is 226 g/mol. The molecule has 16 heavy (non-hydrogen) atoms. The highest BCUT2D eigenvalue weighted by Gasteiger charge is 2.48. The van der Waals surface area contributed by atoms with Gasteiger partial charge in [0.1, 0.15) is 19.6 Å². The van der Waals surface area contributed by atoms with Crippen LogP contribution >= 0.6 is 0 Å². The molecule has 1 spiro atoms. The van der Waals surface area contributed by atoms with Crippen LogP contribution in [0.3, 0.4) is 0 Å². The van der Waals surface area contributed by atoms with Crippen molar-refractivity contribution in [1.82, 2.24) is 4.90 Å². The van der Waals surface area contributed by atoms with Crippen molar-refractivity contribution in [1.29, 1.82) is 0 Å². The van der Waals surface area contributed by atoms with E-state index in [9.17, 15) is 0 Å². The molecule has 0 aromatic carbocycles. The fourth-order valence-electron chi connectivity index (χ4n) is 1.60. The molecule has 1 saturated heterocycles. The van der Waals surface area contributed by atoms with Gasteiger partial charge in [0, 0.05) is 0 Å². The van der Waals surface area contributed by atoms with E-state index in [1.54, 1.807) is 6.26 Å². The lowest BCUT2D eigenvalue weighted by Gasteiger charge is -2.34. The first-order valence-electron chi connectivity index (χ1n) is 5.41. The average Bonchev–Trinajstić information content (AvgIpc) is 2.73. The summed E-state index contributed by atoms with van der Waals surface area (Å²) >= 11 is 0. The summed E-state index contributed by atoms with van der Waals surface area (Å²) in [6, 6.07) is 0. The van der Waals surface area contributed by atoms with Gasteiger partial charge in [0.25, 0.3) is 0 Å². The first-order valence-corrected chi connectivity index (χ1v) is 8.82. The molecule has 5 nitrogen and oxygen atoms in total. The minimum absolute atomic E-state index is 0.268. The molecule has 0 amide bonds. The van der Waals surface area contributed by atoms with Crippen molar-refractivity contribution in [2.75, 3.05) is 20.1 Å². The second-order valence-corrected chi connectivity index (χ2v) is 9.53. The molecule has 6 heteroatoms. The standard InChI is InChI=1S/C10H19NO4Si/c1-9-5-13-10(6-12-8-14-10)11(9)7-15-16(2,3)4/h5H,6-8H2,1-4H3. The fourth-order valence-corrected chi connectivity index (χ4v) is 2.12. The number of hydrogen-bond donors (Lipinski definition) is 0. The van der Waals surface area contributed by atoms with Gasteiger partial charge in [-0.05, 0) is 26.6 Å². The summed E-state index contributed by atoms with van der Waals surface area (Å²) in [5, 5.41) is 0. The Morgan fingerprint density at radius 3 is 2.81 bits per heavy atom. The molecule has 0 aliphatic carbocycles. The first kappa shape index (κ1) is 11.9. The van der Waals surface area contributed by atoms with Crippen molar-refractivity contribution in [2.24, 2.45) is 0 Å². The van der Waals surface area contributed by atoms with Crippen LogP contribution in [0.1, 0.15) is 6.92 Å². The monoisotopic (exact) mass is 245 g/mol. The zero-order valence-corrected chi connectivity index (χ0v) is 11.3. The predicted molar refractivity (Wildman–Crippen MR) is 60.6 cm³/mol. The highest BCUT2D eigenvalue weighted by Crippen LogP contribution is 2.34. The number of ether oxygens (including phenoxy) is 3. The lowest BCUT2D eigenvalue weighted by molar-refractivity contribution is -0.243. The molecule has 0 bridgehead atoms. The van der Waals surface area contributed by atoms with Gasteiger partial charge in [-0.3, -0.25) is 9.64 Å². The van der Waals surface area contributed by atoms with Crippen molar-refractivity contribution >= 4 is 8.32 Å². The van der Waals surface area contributed by atoms with E-state index in [1.165, 1.54) is 0 Å². The van der Waals surface area contributed by atoms with Gasteiger partial charge < -0.3 is 13.9 Å². The summed E-state index contributed by atoms with van der Waals surface area (Å²) < 4.78 is 22.2. The molecule has 2 rings (SSSR count). The third-order valence-corrected chi connectivity index (χ3v) is 3.52. The molecule has 0 aromatic heterocycles. The summed E-state index contributed by atoms with van der Waals surface area (Å²) in [5.74, 6) is -0.788. The van der Waals surface area contributed by atoms with E-state index in [2.05, 4.69) is 19.6 Å². The van der Waals surface area contributed by atoms with E-state index in [1.807, 2.05) is 11.8 Å². The smallest absolute Gasteiger partial charge is 0.322 e. The second kappa shape index (κ2) is 4.03.